The summed E-state index contributed by atoms with van der Waals surface area (Å²) in [5.74, 6) is 0.266. The highest BCUT2D eigenvalue weighted by Gasteiger charge is 2.32. The van der Waals surface area contributed by atoms with Crippen molar-refractivity contribution < 1.29 is 24.2 Å². The number of aliphatic hydroxyl groups excluding tert-OH is 1. The number of fused-ring (bicyclic) bond motifs is 1. The molecule has 10 heteroatoms. The van der Waals surface area contributed by atoms with E-state index in [9.17, 15) is 19.5 Å². The van der Waals surface area contributed by atoms with Crippen molar-refractivity contribution in [3.63, 3.8) is 0 Å². The van der Waals surface area contributed by atoms with Crippen molar-refractivity contribution >= 4 is 23.7 Å². The van der Waals surface area contributed by atoms with Crippen LogP contribution in [-0.2, 0) is 11.2 Å². The van der Waals surface area contributed by atoms with Gasteiger partial charge in [0.2, 0.25) is 5.91 Å². The van der Waals surface area contributed by atoms with Crippen LogP contribution in [0.3, 0.4) is 0 Å². The predicted molar refractivity (Wildman–Crippen MR) is 136 cm³/mol. The Morgan fingerprint density at radius 1 is 1.17 bits per heavy atom. The second-order valence-electron chi connectivity index (χ2n) is 9.95. The number of benzene rings is 1. The molecule has 1 aromatic rings. The van der Waals surface area contributed by atoms with E-state index in [0.29, 0.717) is 30.1 Å². The second kappa shape index (κ2) is 12.6. The highest BCUT2D eigenvalue weighted by atomic mass is 16.5. The van der Waals surface area contributed by atoms with Crippen LogP contribution in [0.1, 0.15) is 47.1 Å². The molecule has 0 bridgehead atoms. The van der Waals surface area contributed by atoms with Gasteiger partial charge in [0.05, 0.1) is 25.6 Å². The summed E-state index contributed by atoms with van der Waals surface area (Å²) >= 11 is 0. The first-order valence-electron chi connectivity index (χ1n) is 12.2. The molecule has 1 heterocycles. The lowest BCUT2D eigenvalue weighted by atomic mass is 10.0. The molecule has 3 atom stereocenters. The van der Waals surface area contributed by atoms with Gasteiger partial charge in [-0.1, -0.05) is 6.92 Å². The zero-order valence-electron chi connectivity index (χ0n) is 21.9. The van der Waals surface area contributed by atoms with Gasteiger partial charge in [-0.15, -0.1) is 0 Å². The Labute approximate surface area is 208 Å². The summed E-state index contributed by atoms with van der Waals surface area (Å²) < 4.78 is 6.40. The van der Waals surface area contributed by atoms with Gasteiger partial charge in [-0.25, -0.2) is 9.59 Å². The molecule has 1 aliphatic rings. The summed E-state index contributed by atoms with van der Waals surface area (Å²) in [7, 11) is 1.71. The van der Waals surface area contributed by atoms with Gasteiger partial charge in [0.15, 0.2) is 0 Å². The number of hydrogen-bond donors (Lipinski definition) is 4. The van der Waals surface area contributed by atoms with E-state index in [-0.39, 0.29) is 55.0 Å². The average Bonchev–Trinajstić information content (AvgIpc) is 2.80. The highest BCUT2D eigenvalue weighted by molar-refractivity contribution is 5.90. The lowest BCUT2D eigenvalue weighted by Gasteiger charge is -2.34. The number of amides is 5. The predicted octanol–water partition coefficient (Wildman–Crippen LogP) is 2.42. The molecule has 1 aliphatic heterocycles. The van der Waals surface area contributed by atoms with Gasteiger partial charge in [-0.2, -0.15) is 0 Å². The minimum Gasteiger partial charge on any atom is -0.488 e. The van der Waals surface area contributed by atoms with E-state index in [1.807, 2.05) is 34.6 Å². The lowest BCUT2D eigenvalue weighted by Crippen LogP contribution is -2.49. The van der Waals surface area contributed by atoms with Crippen LogP contribution in [0.25, 0.3) is 0 Å². The van der Waals surface area contributed by atoms with Crippen LogP contribution in [0.5, 0.6) is 5.75 Å². The van der Waals surface area contributed by atoms with Gasteiger partial charge >= 0.3 is 12.1 Å². The Balaban J connectivity index is 2.38. The third-order valence-electron chi connectivity index (χ3n) is 5.81. The molecule has 5 amide bonds. The molecule has 1 aromatic carbocycles. The Kier molecular flexibility index (Phi) is 10.2. The maximum absolute atomic E-state index is 13.3. The first kappa shape index (κ1) is 28.2. The molecule has 4 N–H and O–H groups in total. The molecular weight excluding hydrogens is 450 g/mol. The van der Waals surface area contributed by atoms with Gasteiger partial charge in [-0.05, 0) is 52.8 Å². The smallest absolute Gasteiger partial charge is 0.319 e. The molecule has 0 aromatic heterocycles. The highest BCUT2D eigenvalue weighted by Crippen LogP contribution is 2.29. The van der Waals surface area contributed by atoms with E-state index in [1.54, 1.807) is 42.0 Å². The van der Waals surface area contributed by atoms with Crippen molar-refractivity contribution in [2.45, 2.75) is 72.2 Å². The first-order valence-corrected chi connectivity index (χ1v) is 12.2. The molecule has 35 heavy (non-hydrogen) atoms. The van der Waals surface area contributed by atoms with Crippen molar-refractivity contribution in [1.82, 2.24) is 20.4 Å². The van der Waals surface area contributed by atoms with Crippen LogP contribution in [0, 0.1) is 5.92 Å². The molecule has 0 spiro atoms. The summed E-state index contributed by atoms with van der Waals surface area (Å²) in [5.41, 5.74) is 1.17. The average molecular weight is 492 g/mol. The molecule has 10 nitrogen and oxygen atoms in total. The first-order chi connectivity index (χ1) is 16.4. The van der Waals surface area contributed by atoms with Crippen molar-refractivity contribution in [3.8, 4) is 5.75 Å². The molecule has 0 aliphatic carbocycles. The Hall–Kier alpha value is -3.01. The number of hydrogen-bond acceptors (Lipinski definition) is 5. The molecule has 196 valence electrons. The molecule has 0 saturated heterocycles. The van der Waals surface area contributed by atoms with E-state index >= 15 is 0 Å². The minimum atomic E-state index is -0.404. The zero-order valence-corrected chi connectivity index (χ0v) is 21.9. The van der Waals surface area contributed by atoms with Gasteiger partial charge in [0.1, 0.15) is 11.9 Å². The largest absolute Gasteiger partial charge is 0.488 e. The number of carbonyl (C=O) groups is 3. The normalized spacial score (nSPS) is 19.1. The zero-order chi connectivity index (χ0) is 26.3. The fourth-order valence-electron chi connectivity index (χ4n) is 3.86. The van der Waals surface area contributed by atoms with Gasteiger partial charge in [0.25, 0.3) is 0 Å². The standard InChI is InChI=1S/C25H41N5O5/c1-15(2)26-24(33)28-20-8-9-21-19(10-20)11-23(32)30(18(6)14-31)12-17(5)22(35-21)13-29(7)25(34)27-16(3)4/h8-10,15-18,22,31H,11-14H2,1-7H3,(H,27,34)(H2,26,28,33)/t17-,18-,22+/m0/s1. The number of aliphatic hydroxyl groups is 1. The monoisotopic (exact) mass is 491 g/mol. The molecule has 2 rings (SSSR count). The lowest BCUT2D eigenvalue weighted by molar-refractivity contribution is -0.134. The maximum atomic E-state index is 13.3. The van der Waals surface area contributed by atoms with E-state index in [4.69, 9.17) is 4.74 Å². The third kappa shape index (κ3) is 8.31. The van der Waals surface area contributed by atoms with Crippen molar-refractivity contribution in [3.05, 3.63) is 23.8 Å². The fraction of sp³-hybridized carbons (Fsp3) is 0.640. The summed E-state index contributed by atoms with van der Waals surface area (Å²) in [6, 6.07) is 4.27. The SMILES string of the molecule is CC(C)NC(=O)Nc1ccc2c(c1)CC(=O)N([C@@H](C)CO)C[C@H](C)[C@@H](CN(C)C(=O)NC(C)C)O2. The van der Waals surface area contributed by atoms with Crippen molar-refractivity contribution in [1.29, 1.82) is 0 Å². The van der Waals surface area contributed by atoms with Crippen LogP contribution in [0.4, 0.5) is 15.3 Å². The Morgan fingerprint density at radius 3 is 2.43 bits per heavy atom. The quantitative estimate of drug-likeness (QED) is 0.466. The van der Waals surface area contributed by atoms with Crippen LogP contribution in [0.15, 0.2) is 18.2 Å². The molecular formula is C25H41N5O5. The number of urea groups is 2. The van der Waals surface area contributed by atoms with Crippen LogP contribution in [-0.4, -0.2) is 83.8 Å². The van der Waals surface area contributed by atoms with Gasteiger partial charge in [0, 0.05) is 42.8 Å². The second-order valence-corrected chi connectivity index (χ2v) is 9.95. The number of carbonyl (C=O) groups excluding carboxylic acids is 3. The van der Waals surface area contributed by atoms with Crippen LogP contribution < -0.4 is 20.7 Å². The van der Waals surface area contributed by atoms with Gasteiger partial charge in [-0.3, -0.25) is 4.79 Å². The van der Waals surface area contributed by atoms with E-state index in [1.165, 1.54) is 0 Å². The fourth-order valence-corrected chi connectivity index (χ4v) is 3.86. The van der Waals surface area contributed by atoms with E-state index in [0.717, 1.165) is 0 Å². The summed E-state index contributed by atoms with van der Waals surface area (Å²) in [4.78, 5) is 41.2. The molecule has 0 fully saturated rings. The number of anilines is 1. The summed E-state index contributed by atoms with van der Waals surface area (Å²) in [6.45, 7) is 11.8. The number of nitrogens with one attached hydrogen (secondary N) is 3. The van der Waals surface area contributed by atoms with Crippen LogP contribution in [0.2, 0.25) is 0 Å². The van der Waals surface area contributed by atoms with Crippen molar-refractivity contribution in [2.24, 2.45) is 5.92 Å². The van der Waals surface area contributed by atoms with Crippen molar-refractivity contribution in [2.75, 3.05) is 32.1 Å². The Morgan fingerprint density at radius 2 is 1.83 bits per heavy atom. The summed E-state index contributed by atoms with van der Waals surface area (Å²) in [5, 5.41) is 18.2. The third-order valence-corrected chi connectivity index (χ3v) is 5.81. The number of ether oxygens (including phenoxy) is 1. The summed E-state index contributed by atoms with van der Waals surface area (Å²) in [6.07, 6.45) is -0.344. The number of rotatable bonds is 7. The molecule has 0 radical (unpaired) electrons. The van der Waals surface area contributed by atoms with Crippen LogP contribution >= 0.6 is 0 Å². The number of nitrogens with zero attached hydrogens (tertiary/aromatic N) is 2. The van der Waals surface area contributed by atoms with E-state index < -0.39 is 6.10 Å². The number of likely N-dealkylation sites (N-methyl/N-ethyl adjacent to an activating group) is 1. The molecule has 0 unspecified atom stereocenters. The maximum Gasteiger partial charge on any atom is 0.319 e. The minimum absolute atomic E-state index is 0.00175. The Bertz CT molecular complexity index is 891. The topological polar surface area (TPSA) is 123 Å². The van der Waals surface area contributed by atoms with Gasteiger partial charge < -0.3 is 35.6 Å². The molecule has 0 saturated carbocycles. The van der Waals surface area contributed by atoms with E-state index in [2.05, 4.69) is 16.0 Å².